The standard InChI is InChI=1S/C31H29F3N6O/c1-3-21-24(33)6-5-18-11-20(35)12-22(25(18)21)27-26(34)28-23(29(37-27)40-10-7-17(40)2)14-36-30(38-28)41-16-31-8-4-9-39(31)15-19(32)13-31/h1,5-6,11-12,14,17,19H,4,7-10,13,15-16,35H2,2H3/t17-,19+,31-/m0/s1. The molecule has 3 fully saturated rings. The van der Waals surface area contributed by atoms with Crippen molar-refractivity contribution in [2.75, 3.05) is 36.9 Å². The maximum atomic E-state index is 16.5. The minimum atomic E-state index is -0.894. The van der Waals surface area contributed by atoms with Crippen molar-refractivity contribution in [3.63, 3.8) is 0 Å². The quantitative estimate of drug-likeness (QED) is 0.265. The number of nitrogen functional groups attached to an aromatic ring is 1. The molecule has 4 aromatic rings. The summed E-state index contributed by atoms with van der Waals surface area (Å²) in [5.74, 6) is 1.63. The number of nitrogens with two attached hydrogens (primary N) is 1. The molecule has 41 heavy (non-hydrogen) atoms. The summed E-state index contributed by atoms with van der Waals surface area (Å²) in [5, 5.41) is 1.36. The summed E-state index contributed by atoms with van der Waals surface area (Å²) in [6, 6.07) is 6.25. The maximum Gasteiger partial charge on any atom is 0.317 e. The summed E-state index contributed by atoms with van der Waals surface area (Å²) in [5.41, 5.74) is 6.45. The molecule has 210 valence electrons. The first kappa shape index (κ1) is 25.8. The minimum Gasteiger partial charge on any atom is -0.461 e. The highest BCUT2D eigenvalue weighted by molar-refractivity contribution is 6.04. The molecule has 0 spiro atoms. The summed E-state index contributed by atoms with van der Waals surface area (Å²) >= 11 is 0. The lowest BCUT2D eigenvalue weighted by Gasteiger charge is -2.40. The third-order valence-corrected chi connectivity index (χ3v) is 8.95. The Bertz CT molecular complexity index is 1760. The van der Waals surface area contributed by atoms with Crippen LogP contribution in [-0.2, 0) is 0 Å². The van der Waals surface area contributed by atoms with Gasteiger partial charge in [-0.25, -0.2) is 23.1 Å². The number of fused-ring (bicyclic) bond motifs is 3. The van der Waals surface area contributed by atoms with Gasteiger partial charge in [0.05, 0.1) is 16.5 Å². The molecule has 7 nitrogen and oxygen atoms in total. The van der Waals surface area contributed by atoms with E-state index in [2.05, 4.69) is 32.6 Å². The Kier molecular flexibility index (Phi) is 5.98. The molecule has 3 aliphatic rings. The number of rotatable bonds is 5. The number of alkyl halides is 1. The van der Waals surface area contributed by atoms with Crippen LogP contribution >= 0.6 is 0 Å². The van der Waals surface area contributed by atoms with Crippen LogP contribution in [-0.4, -0.2) is 63.8 Å². The molecule has 3 aliphatic heterocycles. The topological polar surface area (TPSA) is 80.4 Å². The van der Waals surface area contributed by atoms with Gasteiger partial charge < -0.3 is 15.4 Å². The Balaban J connectivity index is 1.39. The summed E-state index contributed by atoms with van der Waals surface area (Å²) in [7, 11) is 0. The molecule has 3 atom stereocenters. The third-order valence-electron chi connectivity index (χ3n) is 8.95. The molecular weight excluding hydrogens is 529 g/mol. The maximum absolute atomic E-state index is 16.5. The van der Waals surface area contributed by atoms with E-state index in [0.29, 0.717) is 40.6 Å². The number of nitrogens with zero attached hydrogens (tertiary/aromatic N) is 5. The van der Waals surface area contributed by atoms with Gasteiger partial charge in [-0.05, 0) is 56.3 Å². The molecule has 2 aromatic carbocycles. The van der Waals surface area contributed by atoms with Crippen molar-refractivity contribution in [1.82, 2.24) is 19.9 Å². The van der Waals surface area contributed by atoms with Crippen molar-refractivity contribution >= 4 is 33.2 Å². The number of hydrogen-bond acceptors (Lipinski definition) is 7. The third kappa shape index (κ3) is 4.05. The Morgan fingerprint density at radius 3 is 2.83 bits per heavy atom. The number of aromatic nitrogens is 3. The molecule has 7 rings (SSSR count). The van der Waals surface area contributed by atoms with Crippen molar-refractivity contribution < 1.29 is 17.9 Å². The molecule has 0 aliphatic carbocycles. The molecule has 0 unspecified atom stereocenters. The lowest BCUT2D eigenvalue weighted by Crippen LogP contribution is -2.46. The van der Waals surface area contributed by atoms with E-state index in [0.717, 1.165) is 32.4 Å². The Hall–Kier alpha value is -4.10. The molecule has 0 amide bonds. The zero-order valence-corrected chi connectivity index (χ0v) is 22.6. The molecule has 0 radical (unpaired) electrons. The Morgan fingerprint density at radius 2 is 2.07 bits per heavy atom. The predicted molar refractivity (Wildman–Crippen MR) is 153 cm³/mol. The molecule has 2 N–H and O–H groups in total. The number of hydrogen-bond donors (Lipinski definition) is 1. The zero-order chi connectivity index (χ0) is 28.5. The molecule has 10 heteroatoms. The van der Waals surface area contributed by atoms with E-state index in [1.54, 1.807) is 18.2 Å². The molecule has 2 aromatic heterocycles. The van der Waals surface area contributed by atoms with Crippen molar-refractivity contribution in [2.45, 2.75) is 50.4 Å². The van der Waals surface area contributed by atoms with Gasteiger partial charge in [0.25, 0.3) is 0 Å². The van der Waals surface area contributed by atoms with Gasteiger partial charge in [-0.3, -0.25) is 4.90 Å². The van der Waals surface area contributed by atoms with Crippen LogP contribution < -0.4 is 15.4 Å². The van der Waals surface area contributed by atoms with Crippen LogP contribution in [0.15, 0.2) is 30.5 Å². The normalized spacial score (nSPS) is 24.0. The highest BCUT2D eigenvalue weighted by Gasteiger charge is 2.49. The van der Waals surface area contributed by atoms with Crippen molar-refractivity contribution in [3.05, 3.63) is 47.7 Å². The van der Waals surface area contributed by atoms with E-state index in [1.165, 1.54) is 12.3 Å². The lowest BCUT2D eigenvalue weighted by atomic mass is 9.95. The van der Waals surface area contributed by atoms with Gasteiger partial charge in [-0.2, -0.15) is 4.98 Å². The van der Waals surface area contributed by atoms with Crippen molar-refractivity contribution in [2.24, 2.45) is 0 Å². The second kappa shape index (κ2) is 9.48. The zero-order valence-electron chi connectivity index (χ0n) is 22.6. The minimum absolute atomic E-state index is 0.00693. The molecular formula is C31H29F3N6O. The fourth-order valence-electron chi connectivity index (χ4n) is 6.76. The van der Waals surface area contributed by atoms with Gasteiger partial charge >= 0.3 is 6.01 Å². The number of pyridine rings is 1. The summed E-state index contributed by atoms with van der Waals surface area (Å²) in [6.45, 7) is 4.25. The van der Waals surface area contributed by atoms with E-state index in [4.69, 9.17) is 21.9 Å². The second-order valence-electron chi connectivity index (χ2n) is 11.4. The average molecular weight is 559 g/mol. The summed E-state index contributed by atoms with van der Waals surface area (Å²) in [6.07, 6.45) is 9.50. The largest absolute Gasteiger partial charge is 0.461 e. The number of anilines is 2. The smallest absolute Gasteiger partial charge is 0.317 e. The SMILES string of the molecule is C#Cc1c(F)ccc2cc(N)cc(-c3nc(N4CC[C@@H]4C)c4cnc(OC[C@@]56CCCN5C[C@H](F)C6)nc4c3F)c12. The van der Waals surface area contributed by atoms with E-state index < -0.39 is 23.3 Å². The Labute approximate surface area is 235 Å². The first-order chi connectivity index (χ1) is 19.8. The van der Waals surface area contributed by atoms with Crippen LogP contribution in [0.5, 0.6) is 6.01 Å². The van der Waals surface area contributed by atoms with Crippen LogP contribution in [0.3, 0.4) is 0 Å². The van der Waals surface area contributed by atoms with Gasteiger partial charge in [0.2, 0.25) is 0 Å². The fraction of sp³-hybridized carbons (Fsp3) is 0.387. The van der Waals surface area contributed by atoms with Gasteiger partial charge in [-0.15, -0.1) is 6.42 Å². The van der Waals surface area contributed by atoms with Gasteiger partial charge in [0.15, 0.2) is 5.82 Å². The number of benzene rings is 2. The fourth-order valence-corrected chi connectivity index (χ4v) is 6.76. The number of ether oxygens (including phenoxy) is 1. The monoisotopic (exact) mass is 558 g/mol. The van der Waals surface area contributed by atoms with Crippen LogP contribution in [0.25, 0.3) is 32.9 Å². The molecule has 5 heterocycles. The lowest BCUT2D eigenvalue weighted by molar-refractivity contribution is 0.107. The van der Waals surface area contributed by atoms with Crippen LogP contribution in [0.1, 0.15) is 38.2 Å². The van der Waals surface area contributed by atoms with Crippen LogP contribution in [0.2, 0.25) is 0 Å². The van der Waals surface area contributed by atoms with Gasteiger partial charge in [-0.1, -0.05) is 12.0 Å². The number of terminal acetylenes is 1. The number of halogens is 3. The predicted octanol–water partition coefficient (Wildman–Crippen LogP) is 5.24. The first-order valence-corrected chi connectivity index (χ1v) is 13.9. The highest BCUT2D eigenvalue weighted by Crippen LogP contribution is 2.42. The second-order valence-corrected chi connectivity index (χ2v) is 11.4. The van der Waals surface area contributed by atoms with Crippen LogP contribution in [0.4, 0.5) is 24.7 Å². The van der Waals surface area contributed by atoms with Gasteiger partial charge in [0, 0.05) is 48.4 Å². The van der Waals surface area contributed by atoms with Crippen molar-refractivity contribution in [1.29, 1.82) is 0 Å². The molecule has 0 saturated carbocycles. The van der Waals surface area contributed by atoms with Crippen LogP contribution in [0, 0.1) is 24.0 Å². The van der Waals surface area contributed by atoms with E-state index in [1.807, 2.05) is 0 Å². The first-order valence-electron chi connectivity index (χ1n) is 13.9. The summed E-state index contributed by atoms with van der Waals surface area (Å²) < 4.78 is 51.6. The Morgan fingerprint density at radius 1 is 1.22 bits per heavy atom. The van der Waals surface area contributed by atoms with E-state index in [9.17, 15) is 8.78 Å². The average Bonchev–Trinajstić information content (AvgIpc) is 3.48. The van der Waals surface area contributed by atoms with Gasteiger partial charge in [0.1, 0.15) is 35.6 Å². The summed E-state index contributed by atoms with van der Waals surface area (Å²) in [4.78, 5) is 17.9. The molecule has 0 bridgehead atoms. The highest BCUT2D eigenvalue weighted by atomic mass is 19.1. The molecule has 3 saturated heterocycles. The van der Waals surface area contributed by atoms with E-state index >= 15 is 4.39 Å². The van der Waals surface area contributed by atoms with E-state index in [-0.39, 0.29) is 41.0 Å². The van der Waals surface area contributed by atoms with Crippen molar-refractivity contribution in [3.8, 4) is 29.6 Å².